The maximum absolute atomic E-state index is 12.8. The molecule has 0 aromatic heterocycles. The van der Waals surface area contributed by atoms with Crippen LogP contribution < -0.4 is 10.6 Å². The second-order valence-electron chi connectivity index (χ2n) is 8.88. The van der Waals surface area contributed by atoms with Gasteiger partial charge < -0.3 is 15.4 Å². The molecule has 0 spiro atoms. The van der Waals surface area contributed by atoms with Gasteiger partial charge in [-0.1, -0.05) is 12.8 Å². The minimum absolute atomic E-state index is 0. The van der Waals surface area contributed by atoms with Gasteiger partial charge in [0.1, 0.15) is 0 Å². The zero-order valence-corrected chi connectivity index (χ0v) is 18.2. The fourth-order valence-electron chi connectivity index (χ4n) is 6.06. The number of halogens is 2. The highest BCUT2D eigenvalue weighted by Crippen LogP contribution is 2.39. The fourth-order valence-corrected chi connectivity index (χ4v) is 6.06. The van der Waals surface area contributed by atoms with Gasteiger partial charge in [0, 0.05) is 43.2 Å². The Labute approximate surface area is 176 Å². The number of amides is 1. The number of ether oxygens (including phenoxy) is 1. The van der Waals surface area contributed by atoms with E-state index in [9.17, 15) is 4.79 Å². The van der Waals surface area contributed by atoms with E-state index < -0.39 is 0 Å². The van der Waals surface area contributed by atoms with Gasteiger partial charge in [0.05, 0.1) is 13.2 Å². The van der Waals surface area contributed by atoms with E-state index in [1.54, 1.807) is 0 Å². The Kier molecular flexibility index (Phi) is 8.69. The highest BCUT2D eigenvalue weighted by atomic mass is 35.5. The number of nitrogens with zero attached hydrogens (tertiary/aromatic N) is 1. The summed E-state index contributed by atoms with van der Waals surface area (Å²) in [6.45, 7) is 5.93. The van der Waals surface area contributed by atoms with Crippen molar-refractivity contribution in [3.63, 3.8) is 0 Å². The van der Waals surface area contributed by atoms with Crippen molar-refractivity contribution in [3.05, 3.63) is 0 Å². The van der Waals surface area contributed by atoms with Gasteiger partial charge in [-0.15, -0.1) is 24.8 Å². The molecule has 3 unspecified atom stereocenters. The maximum Gasteiger partial charge on any atom is 0.220 e. The standard InChI is InChI=1S/C20H35N3O2.2ClH/c1-15(20(6-2-3-7-20)23-8-10-25-11-9-23)21-19(24)14-16-12-17-4-5-18(13-16)22-17;;/h15-18,22H,2-14H2,1H3,(H,21,24);2*1H. The average molecular weight is 422 g/mol. The average Bonchev–Trinajstić information content (AvgIpc) is 3.23. The monoisotopic (exact) mass is 421 g/mol. The minimum Gasteiger partial charge on any atom is -0.379 e. The van der Waals surface area contributed by atoms with Gasteiger partial charge in [0.2, 0.25) is 5.91 Å². The molecule has 2 bridgehead atoms. The van der Waals surface area contributed by atoms with Crippen molar-refractivity contribution >= 4 is 30.7 Å². The molecule has 3 saturated heterocycles. The topological polar surface area (TPSA) is 53.6 Å². The quantitative estimate of drug-likeness (QED) is 0.716. The lowest BCUT2D eigenvalue weighted by molar-refractivity contribution is -0.124. The summed E-state index contributed by atoms with van der Waals surface area (Å²) in [5.74, 6) is 0.854. The number of fused-ring (bicyclic) bond motifs is 2. The van der Waals surface area contributed by atoms with Crippen LogP contribution in [0.5, 0.6) is 0 Å². The van der Waals surface area contributed by atoms with Crippen molar-refractivity contribution in [2.24, 2.45) is 5.92 Å². The summed E-state index contributed by atoms with van der Waals surface area (Å²) in [6.07, 6.45) is 10.7. The summed E-state index contributed by atoms with van der Waals surface area (Å²) in [7, 11) is 0. The third-order valence-electron chi connectivity index (χ3n) is 7.34. The summed E-state index contributed by atoms with van der Waals surface area (Å²) in [6, 6.07) is 1.58. The molecular weight excluding hydrogens is 385 g/mol. The van der Waals surface area contributed by atoms with Gasteiger partial charge in [-0.05, 0) is 51.4 Å². The van der Waals surface area contributed by atoms with E-state index >= 15 is 0 Å². The molecular formula is C20H37Cl2N3O2. The van der Waals surface area contributed by atoms with Crippen molar-refractivity contribution in [1.29, 1.82) is 0 Å². The van der Waals surface area contributed by atoms with E-state index in [0.29, 0.717) is 18.0 Å². The SMILES string of the molecule is CC(NC(=O)CC1CC2CCC(C1)N2)C1(N2CCOCC2)CCCC1.Cl.Cl. The lowest BCUT2D eigenvalue weighted by Gasteiger charge is -2.47. The summed E-state index contributed by atoms with van der Waals surface area (Å²) in [5.41, 5.74) is 0.159. The molecule has 4 rings (SSSR count). The lowest BCUT2D eigenvalue weighted by atomic mass is 9.85. The Hall–Kier alpha value is -0.0700. The van der Waals surface area contributed by atoms with Crippen molar-refractivity contribution in [3.8, 4) is 0 Å². The van der Waals surface area contributed by atoms with Gasteiger partial charge in [-0.3, -0.25) is 9.69 Å². The predicted octanol–water partition coefficient (Wildman–Crippen LogP) is 2.90. The highest BCUT2D eigenvalue weighted by Gasteiger charge is 2.45. The number of rotatable bonds is 5. The molecule has 3 aliphatic heterocycles. The Morgan fingerprint density at radius 3 is 2.33 bits per heavy atom. The normalized spacial score (nSPS) is 33.6. The molecule has 0 aromatic carbocycles. The number of nitrogens with one attached hydrogen (secondary N) is 2. The van der Waals surface area contributed by atoms with Gasteiger partial charge in [0.15, 0.2) is 0 Å². The molecule has 0 aromatic rings. The van der Waals surface area contributed by atoms with Crippen molar-refractivity contribution in [2.75, 3.05) is 26.3 Å². The molecule has 5 nitrogen and oxygen atoms in total. The summed E-state index contributed by atoms with van der Waals surface area (Å²) in [4.78, 5) is 15.4. The Balaban J connectivity index is 0.00000131. The number of hydrogen-bond donors (Lipinski definition) is 2. The summed E-state index contributed by atoms with van der Waals surface area (Å²) >= 11 is 0. The second kappa shape index (κ2) is 10.1. The summed E-state index contributed by atoms with van der Waals surface area (Å²) < 4.78 is 5.56. The number of carbonyl (C=O) groups is 1. The van der Waals surface area contributed by atoms with E-state index in [1.165, 1.54) is 51.4 Å². The lowest BCUT2D eigenvalue weighted by Crippen LogP contribution is -2.62. The maximum atomic E-state index is 12.8. The first-order valence-corrected chi connectivity index (χ1v) is 10.5. The summed E-state index contributed by atoms with van der Waals surface area (Å²) in [5, 5.41) is 7.09. The second-order valence-corrected chi connectivity index (χ2v) is 8.88. The number of carbonyl (C=O) groups excluding carboxylic acids is 1. The number of morpholine rings is 1. The first-order valence-electron chi connectivity index (χ1n) is 10.5. The molecule has 4 fully saturated rings. The van der Waals surface area contributed by atoms with E-state index in [-0.39, 0.29) is 42.3 Å². The van der Waals surface area contributed by atoms with Crippen LogP contribution in [0.1, 0.15) is 64.7 Å². The van der Waals surface area contributed by atoms with Crippen LogP contribution in [-0.2, 0) is 9.53 Å². The largest absolute Gasteiger partial charge is 0.379 e. The smallest absolute Gasteiger partial charge is 0.220 e. The minimum atomic E-state index is 0. The van der Waals surface area contributed by atoms with Crippen LogP contribution >= 0.6 is 24.8 Å². The highest BCUT2D eigenvalue weighted by molar-refractivity contribution is 5.85. The fraction of sp³-hybridized carbons (Fsp3) is 0.950. The van der Waals surface area contributed by atoms with Crippen molar-refractivity contribution in [1.82, 2.24) is 15.5 Å². The molecule has 0 radical (unpaired) electrons. The number of hydrogen-bond acceptors (Lipinski definition) is 4. The van der Waals surface area contributed by atoms with Crippen LogP contribution in [-0.4, -0.2) is 60.8 Å². The van der Waals surface area contributed by atoms with Crippen LogP contribution in [0.2, 0.25) is 0 Å². The van der Waals surface area contributed by atoms with Gasteiger partial charge in [-0.25, -0.2) is 0 Å². The van der Waals surface area contributed by atoms with E-state index in [0.717, 1.165) is 32.7 Å². The molecule has 27 heavy (non-hydrogen) atoms. The molecule has 2 N–H and O–H groups in total. The molecule has 7 heteroatoms. The van der Waals surface area contributed by atoms with Gasteiger partial charge >= 0.3 is 0 Å². The molecule has 3 atom stereocenters. The third-order valence-corrected chi connectivity index (χ3v) is 7.34. The molecule has 1 amide bonds. The Bertz CT molecular complexity index is 470. The Morgan fingerprint density at radius 2 is 1.74 bits per heavy atom. The van der Waals surface area contributed by atoms with E-state index in [2.05, 4.69) is 22.5 Å². The van der Waals surface area contributed by atoms with Crippen molar-refractivity contribution < 1.29 is 9.53 Å². The van der Waals surface area contributed by atoms with E-state index in [4.69, 9.17) is 4.74 Å². The van der Waals surface area contributed by atoms with E-state index in [1.807, 2.05) is 0 Å². The van der Waals surface area contributed by atoms with Gasteiger partial charge in [-0.2, -0.15) is 0 Å². The first kappa shape index (κ1) is 23.2. The van der Waals surface area contributed by atoms with Crippen LogP contribution in [0.3, 0.4) is 0 Å². The van der Waals surface area contributed by atoms with Crippen LogP contribution in [0.4, 0.5) is 0 Å². The van der Waals surface area contributed by atoms with Crippen LogP contribution in [0.25, 0.3) is 0 Å². The predicted molar refractivity (Wildman–Crippen MR) is 113 cm³/mol. The zero-order valence-electron chi connectivity index (χ0n) is 16.6. The van der Waals surface area contributed by atoms with Crippen molar-refractivity contribution in [2.45, 2.75) is 88.4 Å². The van der Waals surface area contributed by atoms with Crippen LogP contribution in [0.15, 0.2) is 0 Å². The molecule has 1 aliphatic carbocycles. The number of piperidine rings is 1. The van der Waals surface area contributed by atoms with Gasteiger partial charge in [0.25, 0.3) is 0 Å². The molecule has 1 saturated carbocycles. The first-order chi connectivity index (χ1) is 12.2. The molecule has 3 heterocycles. The Morgan fingerprint density at radius 1 is 1.15 bits per heavy atom. The third kappa shape index (κ3) is 5.11. The zero-order chi connectivity index (χ0) is 17.3. The van der Waals surface area contributed by atoms with Crippen LogP contribution in [0, 0.1) is 5.92 Å². The molecule has 4 aliphatic rings. The molecule has 158 valence electrons.